The predicted molar refractivity (Wildman–Crippen MR) is 101 cm³/mol. The quantitative estimate of drug-likeness (QED) is 0.371. The van der Waals surface area contributed by atoms with Crippen LogP contribution in [0.25, 0.3) is 0 Å². The zero-order valence-corrected chi connectivity index (χ0v) is 14.9. The number of nitro benzene ring substituents is 1. The molecule has 9 nitrogen and oxygen atoms in total. The molecular weight excluding hydrogens is 352 g/mol. The molecule has 2 aromatic carbocycles. The van der Waals surface area contributed by atoms with Crippen molar-refractivity contribution in [1.29, 1.82) is 0 Å². The van der Waals surface area contributed by atoms with Gasteiger partial charge in [0, 0.05) is 23.4 Å². The van der Waals surface area contributed by atoms with Crippen molar-refractivity contribution in [1.82, 2.24) is 5.43 Å². The number of amides is 1. The summed E-state index contributed by atoms with van der Waals surface area (Å²) in [6, 6.07) is 10.1. The Balaban J connectivity index is 1.93. The standard InChI is InChI=1S/C18H20N4O5/c1-3-27-16-7-4-14(5-8-16)20-12(2)18(24)21-19-11-13-10-15(22(25)26)6-9-17(13)23/h4-12,20,23H,3H2,1-2H3,(H,21,24). The Kier molecular flexibility index (Phi) is 6.70. The number of anilines is 1. The predicted octanol–water partition coefficient (Wildman–Crippen LogP) is 2.65. The van der Waals surface area contributed by atoms with Crippen LogP contribution in [0.15, 0.2) is 47.6 Å². The van der Waals surface area contributed by atoms with Gasteiger partial charge in [0.1, 0.15) is 17.5 Å². The topological polar surface area (TPSA) is 126 Å². The van der Waals surface area contributed by atoms with Crippen molar-refractivity contribution >= 4 is 23.5 Å². The van der Waals surface area contributed by atoms with Gasteiger partial charge in [-0.3, -0.25) is 14.9 Å². The molecule has 0 aliphatic rings. The number of nitrogens with zero attached hydrogens (tertiary/aromatic N) is 2. The second-order valence-electron chi connectivity index (χ2n) is 5.56. The van der Waals surface area contributed by atoms with Crippen LogP contribution in [0.4, 0.5) is 11.4 Å². The first-order valence-electron chi connectivity index (χ1n) is 8.20. The molecule has 3 N–H and O–H groups in total. The van der Waals surface area contributed by atoms with E-state index in [0.29, 0.717) is 6.61 Å². The summed E-state index contributed by atoms with van der Waals surface area (Å²) < 4.78 is 5.35. The Bertz CT molecular complexity index is 836. The van der Waals surface area contributed by atoms with Gasteiger partial charge in [-0.25, -0.2) is 5.43 Å². The minimum absolute atomic E-state index is 0.122. The molecular formula is C18H20N4O5. The first-order chi connectivity index (χ1) is 12.9. The van der Waals surface area contributed by atoms with Crippen LogP contribution in [0.1, 0.15) is 19.4 Å². The molecule has 9 heteroatoms. The average molecular weight is 372 g/mol. The summed E-state index contributed by atoms with van der Waals surface area (Å²) in [7, 11) is 0. The van der Waals surface area contributed by atoms with Crippen LogP contribution in [-0.4, -0.2) is 34.8 Å². The first-order valence-corrected chi connectivity index (χ1v) is 8.20. The van der Waals surface area contributed by atoms with Crippen LogP contribution < -0.4 is 15.5 Å². The first kappa shape index (κ1) is 19.7. The molecule has 142 valence electrons. The number of benzene rings is 2. The number of non-ortho nitro benzene ring substituents is 1. The Morgan fingerprint density at radius 3 is 2.67 bits per heavy atom. The molecule has 0 saturated heterocycles. The molecule has 0 radical (unpaired) electrons. The fourth-order valence-corrected chi connectivity index (χ4v) is 2.15. The molecule has 27 heavy (non-hydrogen) atoms. The van der Waals surface area contributed by atoms with Crippen LogP contribution in [0.5, 0.6) is 11.5 Å². The molecule has 1 unspecified atom stereocenters. The van der Waals surface area contributed by atoms with E-state index in [2.05, 4.69) is 15.8 Å². The molecule has 0 saturated carbocycles. The van der Waals surface area contributed by atoms with Crippen molar-refractivity contribution in [3.63, 3.8) is 0 Å². The number of ether oxygens (including phenoxy) is 1. The number of phenols is 1. The number of nitro groups is 1. The van der Waals surface area contributed by atoms with Crippen LogP contribution in [0.2, 0.25) is 0 Å². The van der Waals surface area contributed by atoms with Crippen LogP contribution in [-0.2, 0) is 4.79 Å². The van der Waals surface area contributed by atoms with Crippen molar-refractivity contribution in [3.8, 4) is 11.5 Å². The highest BCUT2D eigenvalue weighted by Gasteiger charge is 2.12. The van der Waals surface area contributed by atoms with E-state index in [1.165, 1.54) is 12.1 Å². The molecule has 0 spiro atoms. The van der Waals surface area contributed by atoms with Gasteiger partial charge in [-0.05, 0) is 44.2 Å². The monoisotopic (exact) mass is 372 g/mol. The largest absolute Gasteiger partial charge is 0.507 e. The van der Waals surface area contributed by atoms with Crippen LogP contribution in [0.3, 0.4) is 0 Å². The number of hydrazone groups is 1. The Labute approximate surface area is 155 Å². The number of hydrogen-bond donors (Lipinski definition) is 3. The molecule has 0 heterocycles. The van der Waals surface area contributed by atoms with Gasteiger partial charge < -0.3 is 15.2 Å². The maximum atomic E-state index is 12.1. The zero-order chi connectivity index (χ0) is 19.8. The molecule has 0 aromatic heterocycles. The summed E-state index contributed by atoms with van der Waals surface area (Å²) in [4.78, 5) is 22.3. The summed E-state index contributed by atoms with van der Waals surface area (Å²) in [6.45, 7) is 4.13. The van der Waals surface area contributed by atoms with Crippen molar-refractivity contribution in [2.24, 2.45) is 5.10 Å². The lowest BCUT2D eigenvalue weighted by Crippen LogP contribution is -2.34. The summed E-state index contributed by atoms with van der Waals surface area (Å²) in [5, 5.41) is 27.2. The Hall–Kier alpha value is -3.62. The number of nitrogens with one attached hydrogen (secondary N) is 2. The van der Waals surface area contributed by atoms with E-state index >= 15 is 0 Å². The maximum absolute atomic E-state index is 12.1. The molecule has 0 bridgehead atoms. The van der Waals surface area contributed by atoms with E-state index in [-0.39, 0.29) is 17.0 Å². The van der Waals surface area contributed by atoms with Gasteiger partial charge in [-0.1, -0.05) is 0 Å². The maximum Gasteiger partial charge on any atom is 0.270 e. The third-order valence-electron chi connectivity index (χ3n) is 3.54. The third-order valence-corrected chi connectivity index (χ3v) is 3.54. The van der Waals surface area contributed by atoms with E-state index in [4.69, 9.17) is 4.74 Å². The van der Waals surface area contributed by atoms with Crippen LogP contribution in [0, 0.1) is 10.1 Å². The highest BCUT2D eigenvalue weighted by molar-refractivity contribution is 5.88. The summed E-state index contributed by atoms with van der Waals surface area (Å²) >= 11 is 0. The Morgan fingerprint density at radius 2 is 2.04 bits per heavy atom. The normalized spacial score (nSPS) is 11.8. The average Bonchev–Trinajstić information content (AvgIpc) is 2.64. The van der Waals surface area contributed by atoms with Gasteiger partial charge in [-0.2, -0.15) is 5.10 Å². The lowest BCUT2D eigenvalue weighted by atomic mass is 10.2. The number of carbonyl (C=O) groups excluding carboxylic acids is 1. The van der Waals surface area contributed by atoms with E-state index in [1.54, 1.807) is 31.2 Å². The fourth-order valence-electron chi connectivity index (χ4n) is 2.15. The van der Waals surface area contributed by atoms with E-state index in [1.807, 2.05) is 6.92 Å². The number of rotatable bonds is 8. The van der Waals surface area contributed by atoms with Gasteiger partial charge in [0.2, 0.25) is 0 Å². The molecule has 1 amide bonds. The summed E-state index contributed by atoms with van der Waals surface area (Å²) in [5.41, 5.74) is 2.99. The number of aromatic hydroxyl groups is 1. The Morgan fingerprint density at radius 1 is 1.33 bits per heavy atom. The van der Waals surface area contributed by atoms with E-state index in [9.17, 15) is 20.0 Å². The van der Waals surface area contributed by atoms with Gasteiger partial charge in [-0.15, -0.1) is 0 Å². The minimum Gasteiger partial charge on any atom is -0.507 e. The van der Waals surface area contributed by atoms with E-state index in [0.717, 1.165) is 23.7 Å². The van der Waals surface area contributed by atoms with Crippen molar-refractivity contribution in [2.45, 2.75) is 19.9 Å². The highest BCUT2D eigenvalue weighted by Crippen LogP contribution is 2.21. The van der Waals surface area contributed by atoms with Crippen molar-refractivity contribution in [3.05, 3.63) is 58.1 Å². The van der Waals surface area contributed by atoms with Crippen molar-refractivity contribution < 1.29 is 19.6 Å². The second-order valence-corrected chi connectivity index (χ2v) is 5.56. The van der Waals surface area contributed by atoms with Gasteiger partial charge in [0.25, 0.3) is 11.6 Å². The molecule has 0 aliphatic heterocycles. The number of hydrogen-bond acceptors (Lipinski definition) is 7. The smallest absolute Gasteiger partial charge is 0.270 e. The summed E-state index contributed by atoms with van der Waals surface area (Å²) in [6.07, 6.45) is 1.14. The van der Waals surface area contributed by atoms with Gasteiger partial charge in [0.05, 0.1) is 17.7 Å². The molecule has 2 aromatic rings. The molecule has 0 fully saturated rings. The number of carbonyl (C=O) groups is 1. The lowest BCUT2D eigenvalue weighted by molar-refractivity contribution is -0.384. The zero-order valence-electron chi connectivity index (χ0n) is 14.9. The van der Waals surface area contributed by atoms with Crippen molar-refractivity contribution in [2.75, 3.05) is 11.9 Å². The fraction of sp³-hybridized carbons (Fsp3) is 0.222. The second kappa shape index (κ2) is 9.18. The highest BCUT2D eigenvalue weighted by atomic mass is 16.6. The molecule has 1 atom stereocenters. The SMILES string of the molecule is CCOc1ccc(NC(C)C(=O)NN=Cc2cc([N+](=O)[O-])ccc2O)cc1. The van der Waals surface area contributed by atoms with Crippen LogP contribution >= 0.6 is 0 Å². The lowest BCUT2D eigenvalue weighted by Gasteiger charge is -2.14. The van der Waals surface area contributed by atoms with E-state index < -0.39 is 16.9 Å². The third kappa shape index (κ3) is 5.70. The minimum atomic E-state index is -0.585. The van der Waals surface area contributed by atoms with Gasteiger partial charge >= 0.3 is 0 Å². The van der Waals surface area contributed by atoms with Gasteiger partial charge in [0.15, 0.2) is 0 Å². The molecule has 0 aliphatic carbocycles. The summed E-state index contributed by atoms with van der Waals surface area (Å²) in [5.74, 6) is 0.144. The number of phenolic OH excluding ortho intramolecular Hbond substituents is 1. The molecule has 2 rings (SSSR count).